The summed E-state index contributed by atoms with van der Waals surface area (Å²) in [5.41, 5.74) is 2.38. The van der Waals surface area contributed by atoms with Crippen molar-refractivity contribution in [2.45, 2.75) is 38.2 Å². The Bertz CT molecular complexity index is 1010. The zero-order valence-corrected chi connectivity index (χ0v) is 16.9. The van der Waals surface area contributed by atoms with Gasteiger partial charge in [0.25, 0.3) is 0 Å². The molecule has 1 aliphatic heterocycles. The number of alkyl halides is 2. The highest BCUT2D eigenvalue weighted by atomic mass is 35.5. The summed E-state index contributed by atoms with van der Waals surface area (Å²) >= 11 is 6.01. The lowest BCUT2D eigenvalue weighted by Crippen LogP contribution is -2.38. The summed E-state index contributed by atoms with van der Waals surface area (Å²) in [7, 11) is 0. The van der Waals surface area contributed by atoms with E-state index in [2.05, 4.69) is 9.72 Å². The minimum atomic E-state index is -2.84. The number of aryl methyl sites for hydroxylation is 1. The monoisotopic (exact) mass is 434 g/mol. The van der Waals surface area contributed by atoms with Gasteiger partial charge in [-0.05, 0) is 55.2 Å². The fourth-order valence-corrected chi connectivity index (χ4v) is 3.88. The summed E-state index contributed by atoms with van der Waals surface area (Å²) in [5.74, 6) is 1.09. The number of hydrogen-bond acceptors (Lipinski definition) is 4. The van der Waals surface area contributed by atoms with E-state index in [1.54, 1.807) is 24.3 Å². The first-order valence-corrected chi connectivity index (χ1v) is 10.2. The molecule has 0 radical (unpaired) electrons. The molecule has 5 nitrogen and oxygen atoms in total. The Balaban J connectivity index is 1.27. The van der Waals surface area contributed by atoms with Crippen LogP contribution in [0.25, 0.3) is 11.1 Å². The number of benzene rings is 2. The quantitative estimate of drug-likeness (QED) is 0.519. The van der Waals surface area contributed by atoms with E-state index in [1.165, 1.54) is 12.1 Å². The maximum atomic E-state index is 12.6. The van der Waals surface area contributed by atoms with Crippen molar-refractivity contribution < 1.29 is 22.7 Å². The van der Waals surface area contributed by atoms with Crippen molar-refractivity contribution >= 4 is 28.6 Å². The van der Waals surface area contributed by atoms with Gasteiger partial charge in [0.1, 0.15) is 11.3 Å². The van der Waals surface area contributed by atoms with Crippen LogP contribution in [0.5, 0.6) is 5.75 Å². The highest BCUT2D eigenvalue weighted by Gasteiger charge is 2.27. The second-order valence-electron chi connectivity index (χ2n) is 7.34. The Morgan fingerprint density at radius 1 is 1.20 bits per heavy atom. The molecule has 8 heteroatoms. The van der Waals surface area contributed by atoms with Crippen LogP contribution >= 0.6 is 11.6 Å². The first-order chi connectivity index (χ1) is 14.5. The summed E-state index contributed by atoms with van der Waals surface area (Å²) in [6.45, 7) is -1.53. The molecule has 2 aromatic carbocycles. The van der Waals surface area contributed by atoms with Gasteiger partial charge in [0, 0.05) is 30.5 Å². The van der Waals surface area contributed by atoms with Gasteiger partial charge in [-0.1, -0.05) is 23.7 Å². The second kappa shape index (κ2) is 9.00. The highest BCUT2D eigenvalue weighted by Crippen LogP contribution is 2.31. The first-order valence-electron chi connectivity index (χ1n) is 9.85. The number of fused-ring (bicyclic) bond motifs is 1. The van der Waals surface area contributed by atoms with Crippen molar-refractivity contribution in [1.82, 2.24) is 9.88 Å². The van der Waals surface area contributed by atoms with Crippen LogP contribution in [0, 0.1) is 0 Å². The number of nitrogens with zero attached hydrogens (tertiary/aromatic N) is 2. The largest absolute Gasteiger partial charge is 0.440 e. The highest BCUT2D eigenvalue weighted by molar-refractivity contribution is 6.31. The number of aromatic nitrogens is 1. The van der Waals surface area contributed by atoms with Crippen LogP contribution in [0.1, 0.15) is 36.6 Å². The Morgan fingerprint density at radius 3 is 2.63 bits per heavy atom. The molecule has 1 amide bonds. The van der Waals surface area contributed by atoms with Crippen LogP contribution < -0.4 is 4.74 Å². The van der Waals surface area contributed by atoms with E-state index in [-0.39, 0.29) is 17.6 Å². The zero-order valence-electron chi connectivity index (χ0n) is 16.2. The number of halogens is 3. The fraction of sp³-hybridized carbons (Fsp3) is 0.364. The van der Waals surface area contributed by atoms with Crippen molar-refractivity contribution in [3.8, 4) is 5.75 Å². The Kier molecular flexibility index (Phi) is 6.18. The maximum Gasteiger partial charge on any atom is 0.387 e. The molecule has 0 atom stereocenters. The number of rotatable bonds is 6. The molecule has 3 aromatic rings. The molecule has 1 saturated heterocycles. The predicted molar refractivity (Wildman–Crippen MR) is 109 cm³/mol. The summed E-state index contributed by atoms with van der Waals surface area (Å²) in [4.78, 5) is 19.0. The summed E-state index contributed by atoms with van der Waals surface area (Å²) in [6, 6.07) is 11.8. The van der Waals surface area contributed by atoms with Gasteiger partial charge >= 0.3 is 6.61 Å². The van der Waals surface area contributed by atoms with E-state index in [9.17, 15) is 13.6 Å². The molecule has 30 heavy (non-hydrogen) atoms. The number of piperidine rings is 1. The molecule has 4 rings (SSSR count). The Labute approximate surface area is 177 Å². The number of likely N-dealkylation sites (tertiary alicyclic amines) is 1. The third-order valence-corrected chi connectivity index (χ3v) is 5.57. The minimum absolute atomic E-state index is 0.0886. The summed E-state index contributed by atoms with van der Waals surface area (Å²) in [5, 5.41) is 0.624. The van der Waals surface area contributed by atoms with Crippen LogP contribution in [0.3, 0.4) is 0 Å². The van der Waals surface area contributed by atoms with E-state index < -0.39 is 6.61 Å². The molecule has 0 saturated carbocycles. The topological polar surface area (TPSA) is 55.6 Å². The molecular weight excluding hydrogens is 414 g/mol. The standard InChI is InChI=1S/C22H21ClF2N2O3/c23-16-4-7-19-18(13-16)26-21(30-19)15-9-11-27(12-10-15)20(28)8-3-14-1-5-17(6-2-14)29-22(24)25/h1-2,4-7,13,15,22H,3,8-12H2. The van der Waals surface area contributed by atoms with Gasteiger partial charge < -0.3 is 14.1 Å². The predicted octanol–water partition coefficient (Wildman–Crippen LogP) is 5.42. The van der Waals surface area contributed by atoms with Gasteiger partial charge in [-0.25, -0.2) is 4.98 Å². The lowest BCUT2D eigenvalue weighted by molar-refractivity contribution is -0.132. The number of ether oxygens (including phenoxy) is 1. The van der Waals surface area contributed by atoms with Crippen molar-refractivity contribution in [3.05, 3.63) is 58.9 Å². The Hall–Kier alpha value is -2.67. The fourth-order valence-electron chi connectivity index (χ4n) is 3.72. The van der Waals surface area contributed by atoms with Gasteiger partial charge in [0.05, 0.1) is 0 Å². The number of oxazole rings is 1. The average molecular weight is 435 g/mol. The smallest absolute Gasteiger partial charge is 0.387 e. The average Bonchev–Trinajstić information content (AvgIpc) is 3.16. The maximum absolute atomic E-state index is 12.6. The van der Waals surface area contributed by atoms with Crippen molar-refractivity contribution in [2.75, 3.05) is 13.1 Å². The normalized spacial score (nSPS) is 15.1. The van der Waals surface area contributed by atoms with E-state index in [1.807, 2.05) is 11.0 Å². The number of hydrogen-bond donors (Lipinski definition) is 0. The third kappa shape index (κ3) is 4.90. The molecular formula is C22H21ClF2N2O3. The first kappa shape index (κ1) is 20.6. The van der Waals surface area contributed by atoms with E-state index in [0.717, 1.165) is 29.5 Å². The van der Waals surface area contributed by atoms with Crippen LogP contribution in [-0.4, -0.2) is 35.5 Å². The molecule has 0 unspecified atom stereocenters. The second-order valence-corrected chi connectivity index (χ2v) is 7.78. The molecule has 1 fully saturated rings. The van der Waals surface area contributed by atoms with Crippen LogP contribution in [0.4, 0.5) is 8.78 Å². The molecule has 1 aromatic heterocycles. The van der Waals surface area contributed by atoms with Gasteiger partial charge in [-0.2, -0.15) is 8.78 Å². The molecule has 0 N–H and O–H groups in total. The molecule has 2 heterocycles. The van der Waals surface area contributed by atoms with E-state index in [0.29, 0.717) is 36.8 Å². The molecule has 1 aliphatic rings. The lowest BCUT2D eigenvalue weighted by Gasteiger charge is -2.30. The third-order valence-electron chi connectivity index (χ3n) is 5.34. The zero-order chi connectivity index (χ0) is 21.1. The number of carbonyl (C=O) groups excluding carboxylic acids is 1. The SMILES string of the molecule is O=C(CCc1ccc(OC(F)F)cc1)N1CCC(c2nc3cc(Cl)ccc3o2)CC1. The number of carbonyl (C=O) groups is 1. The van der Waals surface area contributed by atoms with Gasteiger partial charge in [-0.15, -0.1) is 0 Å². The number of amides is 1. The van der Waals surface area contributed by atoms with Gasteiger partial charge in [0.15, 0.2) is 11.5 Å². The molecule has 0 bridgehead atoms. The van der Waals surface area contributed by atoms with Crippen LogP contribution in [-0.2, 0) is 11.2 Å². The van der Waals surface area contributed by atoms with Crippen LogP contribution in [0.15, 0.2) is 46.9 Å². The van der Waals surface area contributed by atoms with Crippen molar-refractivity contribution in [2.24, 2.45) is 0 Å². The van der Waals surface area contributed by atoms with Crippen molar-refractivity contribution in [1.29, 1.82) is 0 Å². The molecule has 0 spiro atoms. The Morgan fingerprint density at radius 2 is 1.93 bits per heavy atom. The summed E-state index contributed by atoms with van der Waals surface area (Å²) < 4.78 is 34.6. The van der Waals surface area contributed by atoms with Crippen molar-refractivity contribution in [3.63, 3.8) is 0 Å². The molecule has 158 valence electrons. The van der Waals surface area contributed by atoms with E-state index in [4.69, 9.17) is 16.0 Å². The molecule has 0 aliphatic carbocycles. The van der Waals surface area contributed by atoms with E-state index >= 15 is 0 Å². The minimum Gasteiger partial charge on any atom is -0.440 e. The van der Waals surface area contributed by atoms with Gasteiger partial charge in [0.2, 0.25) is 5.91 Å². The van der Waals surface area contributed by atoms with Crippen LogP contribution in [0.2, 0.25) is 5.02 Å². The summed E-state index contributed by atoms with van der Waals surface area (Å²) in [6.07, 6.45) is 2.53. The van der Waals surface area contributed by atoms with Gasteiger partial charge in [-0.3, -0.25) is 4.79 Å². The lowest BCUT2D eigenvalue weighted by atomic mass is 9.96.